The van der Waals surface area contributed by atoms with Gasteiger partial charge in [-0.25, -0.2) is 4.79 Å². The SMILES string of the molecule is CC(Nc1c(Cl)cc([N+](=O)[O-])cc1Cl)(C(=O)O)C(F)(F)F. The summed E-state index contributed by atoms with van der Waals surface area (Å²) in [5, 5.41) is 20.0. The highest BCUT2D eigenvalue weighted by atomic mass is 35.5. The van der Waals surface area contributed by atoms with E-state index in [-0.39, 0.29) is 0 Å². The molecule has 21 heavy (non-hydrogen) atoms. The molecule has 0 bridgehead atoms. The monoisotopic (exact) mass is 346 g/mol. The van der Waals surface area contributed by atoms with E-state index in [1.807, 2.05) is 0 Å². The predicted molar refractivity (Wildman–Crippen MR) is 68.8 cm³/mol. The zero-order valence-electron chi connectivity index (χ0n) is 10.2. The second kappa shape index (κ2) is 5.57. The minimum absolute atomic E-state index is 0.378. The zero-order valence-corrected chi connectivity index (χ0v) is 11.7. The molecule has 0 fully saturated rings. The van der Waals surface area contributed by atoms with Crippen LogP contribution >= 0.6 is 23.2 Å². The highest BCUT2D eigenvalue weighted by Crippen LogP contribution is 2.40. The molecule has 6 nitrogen and oxygen atoms in total. The Labute approximate surface area is 125 Å². The summed E-state index contributed by atoms with van der Waals surface area (Å²) in [6, 6.07) is 1.52. The van der Waals surface area contributed by atoms with E-state index in [0.29, 0.717) is 6.92 Å². The number of halogens is 5. The number of hydrogen-bond acceptors (Lipinski definition) is 4. The normalized spacial score (nSPS) is 14.4. The third-order valence-corrected chi connectivity index (χ3v) is 3.20. The fourth-order valence-corrected chi connectivity index (χ4v) is 1.85. The fourth-order valence-electron chi connectivity index (χ4n) is 1.28. The van der Waals surface area contributed by atoms with E-state index in [0.717, 1.165) is 12.1 Å². The van der Waals surface area contributed by atoms with Gasteiger partial charge in [0.15, 0.2) is 0 Å². The van der Waals surface area contributed by atoms with Crippen molar-refractivity contribution < 1.29 is 28.0 Å². The molecule has 1 rings (SSSR count). The number of rotatable bonds is 4. The molecule has 0 heterocycles. The smallest absolute Gasteiger partial charge is 0.422 e. The molecule has 2 N–H and O–H groups in total. The van der Waals surface area contributed by atoms with E-state index < -0.39 is 44.0 Å². The molecule has 1 aromatic carbocycles. The van der Waals surface area contributed by atoms with Gasteiger partial charge < -0.3 is 10.4 Å². The summed E-state index contributed by atoms with van der Waals surface area (Å²) in [4.78, 5) is 20.6. The number of anilines is 1. The minimum Gasteiger partial charge on any atom is -0.479 e. The van der Waals surface area contributed by atoms with Crippen LogP contribution in [0.15, 0.2) is 12.1 Å². The van der Waals surface area contributed by atoms with Crippen LogP contribution < -0.4 is 5.32 Å². The van der Waals surface area contributed by atoms with Gasteiger partial charge in [-0.15, -0.1) is 0 Å². The molecule has 1 unspecified atom stereocenters. The van der Waals surface area contributed by atoms with Crippen LogP contribution in [0.4, 0.5) is 24.5 Å². The van der Waals surface area contributed by atoms with E-state index in [4.69, 9.17) is 28.3 Å². The number of alkyl halides is 3. The number of nitro groups is 1. The molecule has 1 atom stereocenters. The largest absolute Gasteiger partial charge is 0.479 e. The maximum Gasteiger partial charge on any atom is 0.422 e. The first-order valence-corrected chi connectivity index (χ1v) is 5.87. The summed E-state index contributed by atoms with van der Waals surface area (Å²) < 4.78 is 38.6. The summed E-state index contributed by atoms with van der Waals surface area (Å²) in [7, 11) is 0. The Hall–Kier alpha value is -1.74. The predicted octanol–water partition coefficient (Wildman–Crippen LogP) is 3.72. The molecule has 0 saturated carbocycles. The number of nitrogens with one attached hydrogen (secondary N) is 1. The van der Waals surface area contributed by atoms with Gasteiger partial charge in [-0.2, -0.15) is 13.2 Å². The molecule has 0 aromatic heterocycles. The van der Waals surface area contributed by atoms with Crippen molar-refractivity contribution in [1.29, 1.82) is 0 Å². The van der Waals surface area contributed by atoms with Crippen molar-refractivity contribution in [2.24, 2.45) is 0 Å². The lowest BCUT2D eigenvalue weighted by Crippen LogP contribution is -2.55. The fraction of sp³-hybridized carbons (Fsp3) is 0.300. The van der Waals surface area contributed by atoms with Crippen molar-refractivity contribution >= 4 is 40.5 Å². The van der Waals surface area contributed by atoms with Crippen molar-refractivity contribution in [2.75, 3.05) is 5.32 Å². The van der Waals surface area contributed by atoms with Gasteiger partial charge in [-0.3, -0.25) is 10.1 Å². The van der Waals surface area contributed by atoms with Gasteiger partial charge in [0.2, 0.25) is 5.54 Å². The van der Waals surface area contributed by atoms with Crippen LogP contribution in [0.2, 0.25) is 10.0 Å². The van der Waals surface area contributed by atoms with Crippen LogP contribution in [0.1, 0.15) is 6.92 Å². The van der Waals surface area contributed by atoms with E-state index in [1.54, 1.807) is 5.32 Å². The van der Waals surface area contributed by atoms with Gasteiger partial charge in [-0.1, -0.05) is 23.2 Å². The number of non-ortho nitro benzene ring substituents is 1. The Kier molecular flexibility index (Phi) is 4.59. The van der Waals surface area contributed by atoms with E-state index >= 15 is 0 Å². The second-order valence-corrected chi connectivity index (χ2v) is 4.91. The van der Waals surface area contributed by atoms with Crippen LogP contribution in [-0.2, 0) is 4.79 Å². The van der Waals surface area contributed by atoms with Gasteiger partial charge in [0, 0.05) is 12.1 Å². The van der Waals surface area contributed by atoms with Crippen LogP contribution in [0.25, 0.3) is 0 Å². The molecular weight excluding hydrogens is 340 g/mol. The molecule has 0 amide bonds. The standard InChI is InChI=1S/C10H7Cl2F3N2O4/c1-9(8(18)19,10(13,14)15)16-7-5(11)2-4(17(20)21)3-6(7)12/h2-3,16H,1H3,(H,18,19). The first kappa shape index (κ1) is 17.3. The summed E-state index contributed by atoms with van der Waals surface area (Å²) in [5.41, 5.74) is -4.47. The molecule has 0 aliphatic carbocycles. The molecule has 0 aliphatic heterocycles. The summed E-state index contributed by atoms with van der Waals surface area (Å²) >= 11 is 11.3. The number of nitrogens with zero attached hydrogens (tertiary/aromatic N) is 1. The van der Waals surface area contributed by atoms with Gasteiger partial charge in [-0.05, 0) is 6.92 Å². The summed E-state index contributed by atoms with van der Waals surface area (Å²) in [6.07, 6.45) is -5.16. The number of carbonyl (C=O) groups is 1. The average molecular weight is 347 g/mol. The lowest BCUT2D eigenvalue weighted by molar-refractivity contribution is -0.384. The summed E-state index contributed by atoms with van der Waals surface area (Å²) in [5.74, 6) is -2.21. The van der Waals surface area contributed by atoms with Crippen molar-refractivity contribution in [3.8, 4) is 0 Å². The maximum atomic E-state index is 12.9. The van der Waals surface area contributed by atoms with Crippen molar-refractivity contribution in [3.63, 3.8) is 0 Å². The first-order chi connectivity index (χ1) is 9.40. The molecule has 116 valence electrons. The topological polar surface area (TPSA) is 92.5 Å². The second-order valence-electron chi connectivity index (χ2n) is 4.09. The highest BCUT2D eigenvalue weighted by Gasteiger charge is 2.58. The lowest BCUT2D eigenvalue weighted by Gasteiger charge is -2.30. The zero-order chi connectivity index (χ0) is 16.6. The van der Waals surface area contributed by atoms with Crippen molar-refractivity contribution in [3.05, 3.63) is 32.3 Å². The minimum atomic E-state index is -5.16. The third kappa shape index (κ3) is 3.30. The van der Waals surface area contributed by atoms with E-state index in [9.17, 15) is 28.1 Å². The molecular formula is C10H7Cl2F3N2O4. The first-order valence-electron chi connectivity index (χ1n) is 5.12. The van der Waals surface area contributed by atoms with E-state index in [2.05, 4.69) is 0 Å². The van der Waals surface area contributed by atoms with Crippen molar-refractivity contribution in [2.45, 2.75) is 18.6 Å². The number of benzene rings is 1. The van der Waals surface area contributed by atoms with Crippen LogP contribution in [0, 0.1) is 10.1 Å². The Balaban J connectivity index is 3.36. The number of nitro benzene ring substituents is 1. The van der Waals surface area contributed by atoms with Crippen molar-refractivity contribution in [1.82, 2.24) is 0 Å². The maximum absolute atomic E-state index is 12.9. The Morgan fingerprint density at radius 3 is 2.05 bits per heavy atom. The molecule has 0 spiro atoms. The Morgan fingerprint density at radius 2 is 1.76 bits per heavy atom. The quantitative estimate of drug-likeness (QED) is 0.640. The Morgan fingerprint density at radius 1 is 1.33 bits per heavy atom. The third-order valence-electron chi connectivity index (χ3n) is 2.61. The lowest BCUT2D eigenvalue weighted by atomic mass is 10.0. The van der Waals surface area contributed by atoms with Gasteiger partial charge in [0.05, 0.1) is 20.7 Å². The van der Waals surface area contributed by atoms with Gasteiger partial charge >= 0.3 is 12.1 Å². The van der Waals surface area contributed by atoms with Crippen LogP contribution in [-0.4, -0.2) is 27.7 Å². The number of carboxylic acids is 1. The number of carboxylic acid groups (broad SMARTS) is 1. The van der Waals surface area contributed by atoms with Gasteiger partial charge in [0.25, 0.3) is 5.69 Å². The molecule has 0 radical (unpaired) electrons. The summed E-state index contributed by atoms with van der Waals surface area (Å²) in [6.45, 7) is 0.378. The molecule has 0 aliphatic rings. The number of aliphatic carboxylic acids is 1. The highest BCUT2D eigenvalue weighted by molar-refractivity contribution is 6.39. The van der Waals surface area contributed by atoms with E-state index in [1.165, 1.54) is 0 Å². The van der Waals surface area contributed by atoms with Crippen LogP contribution in [0.5, 0.6) is 0 Å². The van der Waals surface area contributed by atoms with Gasteiger partial charge in [0.1, 0.15) is 0 Å². The number of hydrogen-bond donors (Lipinski definition) is 2. The van der Waals surface area contributed by atoms with Crippen LogP contribution in [0.3, 0.4) is 0 Å². The molecule has 0 saturated heterocycles. The Bertz CT molecular complexity index is 585. The molecule has 11 heteroatoms. The molecule has 1 aromatic rings. The average Bonchev–Trinajstić information content (AvgIpc) is 2.31.